The monoisotopic (exact) mass is 248 g/mol. The van der Waals surface area contributed by atoms with Crippen LogP contribution in [0.25, 0.3) is 0 Å². The molecule has 0 aliphatic rings. The highest BCUT2D eigenvalue weighted by molar-refractivity contribution is 5.79. The Morgan fingerprint density at radius 2 is 2.00 bits per heavy atom. The summed E-state index contributed by atoms with van der Waals surface area (Å²) in [5, 5.41) is 9.47. The van der Waals surface area contributed by atoms with Crippen LogP contribution < -0.4 is 0 Å². The summed E-state index contributed by atoms with van der Waals surface area (Å²) in [5.74, 6) is -0.962. The topological polar surface area (TPSA) is 46.5 Å². The Morgan fingerprint density at radius 1 is 1.39 bits per heavy atom. The molecule has 1 aromatic carbocycles. The van der Waals surface area contributed by atoms with E-state index < -0.39 is 11.6 Å². The van der Waals surface area contributed by atoms with Crippen LogP contribution in [0.3, 0.4) is 0 Å². The summed E-state index contributed by atoms with van der Waals surface area (Å²) >= 11 is 0. The molecule has 1 unspecified atom stereocenters. The second kappa shape index (κ2) is 6.36. The number of rotatable bonds is 7. The molecule has 0 saturated carbocycles. The SMILES string of the molecule is C=CCOC(CC)(C(=O)O)c1ccc(CC)cc1. The lowest BCUT2D eigenvalue weighted by atomic mass is 9.90. The van der Waals surface area contributed by atoms with Crippen LogP contribution in [0.5, 0.6) is 0 Å². The van der Waals surface area contributed by atoms with Crippen molar-refractivity contribution in [1.82, 2.24) is 0 Å². The molecule has 1 N–H and O–H groups in total. The van der Waals surface area contributed by atoms with E-state index in [-0.39, 0.29) is 6.61 Å². The van der Waals surface area contributed by atoms with Crippen LogP contribution in [0.15, 0.2) is 36.9 Å². The Labute approximate surface area is 108 Å². The molecule has 98 valence electrons. The Hall–Kier alpha value is -1.61. The number of ether oxygens (including phenoxy) is 1. The van der Waals surface area contributed by atoms with Gasteiger partial charge in [-0.3, -0.25) is 0 Å². The highest BCUT2D eigenvalue weighted by atomic mass is 16.5. The first-order valence-corrected chi connectivity index (χ1v) is 6.18. The minimum absolute atomic E-state index is 0.218. The number of hydrogen-bond acceptors (Lipinski definition) is 2. The molecule has 0 aliphatic carbocycles. The number of aliphatic carboxylic acids is 1. The quantitative estimate of drug-likeness (QED) is 0.754. The Morgan fingerprint density at radius 3 is 2.39 bits per heavy atom. The van der Waals surface area contributed by atoms with Gasteiger partial charge in [0.25, 0.3) is 0 Å². The van der Waals surface area contributed by atoms with E-state index >= 15 is 0 Å². The first-order valence-electron chi connectivity index (χ1n) is 6.18. The molecule has 3 nitrogen and oxygen atoms in total. The molecule has 3 heteroatoms. The van der Waals surface area contributed by atoms with Crippen LogP contribution in [-0.2, 0) is 21.6 Å². The molecule has 1 rings (SSSR count). The van der Waals surface area contributed by atoms with Crippen molar-refractivity contribution in [2.75, 3.05) is 6.61 Å². The average molecular weight is 248 g/mol. The van der Waals surface area contributed by atoms with E-state index in [1.54, 1.807) is 6.08 Å². The van der Waals surface area contributed by atoms with Gasteiger partial charge in [0.15, 0.2) is 5.60 Å². The molecule has 0 radical (unpaired) electrons. The van der Waals surface area contributed by atoms with Crippen molar-refractivity contribution in [3.8, 4) is 0 Å². The van der Waals surface area contributed by atoms with E-state index in [1.807, 2.05) is 31.2 Å². The molecule has 0 heterocycles. The van der Waals surface area contributed by atoms with Crippen molar-refractivity contribution in [2.45, 2.75) is 32.3 Å². The summed E-state index contributed by atoms with van der Waals surface area (Å²) in [6, 6.07) is 7.55. The first-order chi connectivity index (χ1) is 8.60. The molecule has 0 saturated heterocycles. The zero-order valence-electron chi connectivity index (χ0n) is 11.0. The van der Waals surface area contributed by atoms with E-state index in [1.165, 1.54) is 5.56 Å². The Kier molecular flexibility index (Phi) is 5.10. The number of carboxylic acid groups (broad SMARTS) is 1. The molecule has 18 heavy (non-hydrogen) atoms. The summed E-state index contributed by atoms with van der Waals surface area (Å²) in [6.07, 6.45) is 2.87. The van der Waals surface area contributed by atoms with Crippen molar-refractivity contribution >= 4 is 5.97 Å². The maximum atomic E-state index is 11.6. The fourth-order valence-corrected chi connectivity index (χ4v) is 1.94. The molecule has 0 spiro atoms. The molecule has 0 bridgehead atoms. The number of aryl methyl sites for hydroxylation is 1. The van der Waals surface area contributed by atoms with E-state index in [2.05, 4.69) is 13.5 Å². The highest BCUT2D eigenvalue weighted by Crippen LogP contribution is 2.30. The van der Waals surface area contributed by atoms with Crippen molar-refractivity contribution in [1.29, 1.82) is 0 Å². The Bertz CT molecular complexity index is 408. The van der Waals surface area contributed by atoms with Crippen LogP contribution in [0.2, 0.25) is 0 Å². The van der Waals surface area contributed by atoms with Gasteiger partial charge in [-0.15, -0.1) is 6.58 Å². The predicted molar refractivity (Wildman–Crippen MR) is 71.6 cm³/mol. The second-order valence-corrected chi connectivity index (χ2v) is 4.14. The van der Waals surface area contributed by atoms with E-state index in [0.717, 1.165) is 6.42 Å². The average Bonchev–Trinajstić information content (AvgIpc) is 2.40. The highest BCUT2D eigenvalue weighted by Gasteiger charge is 2.39. The molecule has 0 fully saturated rings. The standard InChI is InChI=1S/C15H20O3/c1-4-11-18-15(6-3,14(16)17)13-9-7-12(5-2)8-10-13/h4,7-10H,1,5-6,11H2,2-3H3,(H,16,17). The van der Waals surface area contributed by atoms with Crippen LogP contribution in [-0.4, -0.2) is 17.7 Å². The third-order valence-corrected chi connectivity index (χ3v) is 3.12. The van der Waals surface area contributed by atoms with E-state index in [0.29, 0.717) is 12.0 Å². The fraction of sp³-hybridized carbons (Fsp3) is 0.400. The van der Waals surface area contributed by atoms with Gasteiger partial charge in [0.05, 0.1) is 6.61 Å². The van der Waals surface area contributed by atoms with Crippen LogP contribution in [0.4, 0.5) is 0 Å². The number of carbonyl (C=O) groups is 1. The van der Waals surface area contributed by atoms with Crippen molar-refractivity contribution < 1.29 is 14.6 Å². The van der Waals surface area contributed by atoms with Gasteiger partial charge >= 0.3 is 5.97 Å². The third-order valence-electron chi connectivity index (χ3n) is 3.12. The van der Waals surface area contributed by atoms with Gasteiger partial charge in [-0.1, -0.05) is 44.2 Å². The maximum Gasteiger partial charge on any atom is 0.340 e. The van der Waals surface area contributed by atoms with Gasteiger partial charge in [-0.2, -0.15) is 0 Å². The zero-order valence-corrected chi connectivity index (χ0v) is 11.0. The largest absolute Gasteiger partial charge is 0.479 e. The van der Waals surface area contributed by atoms with Gasteiger partial charge in [-0.25, -0.2) is 4.79 Å². The number of hydrogen-bond donors (Lipinski definition) is 1. The third kappa shape index (κ3) is 2.79. The summed E-state index contributed by atoms with van der Waals surface area (Å²) in [4.78, 5) is 11.6. The summed E-state index contributed by atoms with van der Waals surface area (Å²) in [5.41, 5.74) is 0.579. The Balaban J connectivity index is 3.14. The van der Waals surface area contributed by atoms with Gasteiger partial charge in [0.2, 0.25) is 0 Å². The summed E-state index contributed by atoms with van der Waals surface area (Å²) in [7, 11) is 0. The van der Waals surface area contributed by atoms with Gasteiger partial charge in [-0.05, 0) is 24.0 Å². The first kappa shape index (κ1) is 14.5. The number of carboxylic acids is 1. The van der Waals surface area contributed by atoms with E-state index in [9.17, 15) is 9.90 Å². The van der Waals surface area contributed by atoms with Crippen molar-refractivity contribution in [2.24, 2.45) is 0 Å². The minimum atomic E-state index is -1.28. The fourth-order valence-electron chi connectivity index (χ4n) is 1.94. The summed E-state index contributed by atoms with van der Waals surface area (Å²) in [6.45, 7) is 7.65. The van der Waals surface area contributed by atoms with Crippen molar-refractivity contribution in [3.05, 3.63) is 48.0 Å². The second-order valence-electron chi connectivity index (χ2n) is 4.14. The zero-order chi connectivity index (χ0) is 13.6. The van der Waals surface area contributed by atoms with Gasteiger partial charge in [0, 0.05) is 0 Å². The molecule has 1 atom stereocenters. The van der Waals surface area contributed by atoms with Gasteiger partial charge in [0.1, 0.15) is 0 Å². The minimum Gasteiger partial charge on any atom is -0.479 e. The smallest absolute Gasteiger partial charge is 0.340 e. The molecular formula is C15H20O3. The molecular weight excluding hydrogens is 228 g/mol. The van der Waals surface area contributed by atoms with Crippen molar-refractivity contribution in [3.63, 3.8) is 0 Å². The van der Waals surface area contributed by atoms with E-state index in [4.69, 9.17) is 4.74 Å². The lowest BCUT2D eigenvalue weighted by molar-refractivity contribution is -0.166. The molecule has 1 aromatic rings. The van der Waals surface area contributed by atoms with Gasteiger partial charge < -0.3 is 9.84 Å². The predicted octanol–water partition coefficient (Wildman–Crippen LogP) is 3.14. The molecule has 0 aliphatic heterocycles. The van der Waals surface area contributed by atoms with Crippen LogP contribution >= 0.6 is 0 Å². The molecule has 0 aromatic heterocycles. The normalized spacial score (nSPS) is 13.9. The maximum absolute atomic E-state index is 11.6. The lowest BCUT2D eigenvalue weighted by Crippen LogP contribution is -2.38. The van der Waals surface area contributed by atoms with Crippen LogP contribution in [0, 0.1) is 0 Å². The van der Waals surface area contributed by atoms with Crippen LogP contribution in [0.1, 0.15) is 31.4 Å². The summed E-state index contributed by atoms with van der Waals surface area (Å²) < 4.78 is 5.53. The lowest BCUT2D eigenvalue weighted by Gasteiger charge is -2.28. The number of benzene rings is 1. The molecule has 0 amide bonds.